The molecule has 2 aromatic carbocycles. The van der Waals surface area contributed by atoms with E-state index in [1.165, 1.54) is 0 Å². The second kappa shape index (κ2) is 7.06. The Morgan fingerprint density at radius 1 is 1.10 bits per heavy atom. The second-order valence-electron chi connectivity index (χ2n) is 7.58. The van der Waals surface area contributed by atoms with E-state index in [1.54, 1.807) is 24.3 Å². The topological polar surface area (TPSA) is 82.0 Å². The quantitative estimate of drug-likeness (QED) is 0.699. The number of piperazine rings is 1. The molecule has 0 amide bonds. The van der Waals surface area contributed by atoms with E-state index in [4.69, 9.17) is 4.74 Å². The number of nitrogens with one attached hydrogen (secondary N) is 1. The van der Waals surface area contributed by atoms with Crippen molar-refractivity contribution in [2.75, 3.05) is 26.2 Å². The molecular weight excluding hydrogens is 368 g/mol. The molecule has 0 saturated carbocycles. The van der Waals surface area contributed by atoms with Crippen molar-refractivity contribution in [3.63, 3.8) is 0 Å². The van der Waals surface area contributed by atoms with Crippen molar-refractivity contribution in [2.45, 2.75) is 13.0 Å². The van der Waals surface area contributed by atoms with Gasteiger partial charge in [0, 0.05) is 38.3 Å². The maximum Gasteiger partial charge on any atom is 0.231 e. The molecule has 2 aliphatic heterocycles. The van der Waals surface area contributed by atoms with Crippen molar-refractivity contribution in [2.24, 2.45) is 0 Å². The Morgan fingerprint density at radius 2 is 1.93 bits per heavy atom. The minimum atomic E-state index is -0.202. The summed E-state index contributed by atoms with van der Waals surface area (Å²) in [5.74, 6) is 0.791. The number of carbonyl (C=O) groups is 1. The molecule has 0 bridgehead atoms. The van der Waals surface area contributed by atoms with Crippen LogP contribution in [0.15, 0.2) is 48.2 Å². The lowest BCUT2D eigenvalue weighted by Crippen LogP contribution is -2.42. The minimum absolute atomic E-state index is 0.138. The van der Waals surface area contributed by atoms with Crippen LogP contribution >= 0.6 is 0 Å². The fourth-order valence-corrected chi connectivity index (χ4v) is 4.23. The monoisotopic (exact) mass is 390 g/mol. The highest BCUT2D eigenvalue weighted by molar-refractivity contribution is 6.14. The number of benzene rings is 2. The van der Waals surface area contributed by atoms with E-state index in [9.17, 15) is 15.0 Å². The minimum Gasteiger partial charge on any atom is -0.507 e. The van der Waals surface area contributed by atoms with Crippen LogP contribution in [0, 0.1) is 0 Å². The molecular formula is C23H22N2O4. The summed E-state index contributed by atoms with van der Waals surface area (Å²) in [7, 11) is 0. The summed E-state index contributed by atoms with van der Waals surface area (Å²) in [5, 5.41) is 24.0. The molecule has 6 heteroatoms. The molecule has 3 aliphatic rings. The van der Waals surface area contributed by atoms with Crippen LogP contribution in [-0.2, 0) is 13.0 Å². The predicted molar refractivity (Wildman–Crippen MR) is 109 cm³/mol. The van der Waals surface area contributed by atoms with Gasteiger partial charge in [-0.25, -0.2) is 0 Å². The van der Waals surface area contributed by atoms with E-state index in [0.29, 0.717) is 29.8 Å². The molecule has 2 heterocycles. The summed E-state index contributed by atoms with van der Waals surface area (Å²) < 4.78 is 5.98. The average molecular weight is 390 g/mol. The number of aromatic hydroxyl groups is 2. The smallest absolute Gasteiger partial charge is 0.231 e. The molecule has 0 radical (unpaired) electrons. The van der Waals surface area contributed by atoms with Gasteiger partial charge in [-0.1, -0.05) is 18.2 Å². The lowest BCUT2D eigenvalue weighted by molar-refractivity contribution is 0.101. The number of hydrogen-bond donors (Lipinski definition) is 3. The number of fused-ring (bicyclic) bond motifs is 2. The zero-order valence-electron chi connectivity index (χ0n) is 15.9. The van der Waals surface area contributed by atoms with Crippen molar-refractivity contribution in [1.82, 2.24) is 10.2 Å². The first-order valence-corrected chi connectivity index (χ1v) is 9.85. The van der Waals surface area contributed by atoms with Gasteiger partial charge in [0.15, 0.2) is 5.76 Å². The van der Waals surface area contributed by atoms with Gasteiger partial charge in [0.25, 0.3) is 0 Å². The van der Waals surface area contributed by atoms with Crippen LogP contribution in [0.3, 0.4) is 0 Å². The number of phenols is 2. The van der Waals surface area contributed by atoms with Crippen molar-refractivity contribution in [3.8, 4) is 17.2 Å². The maximum atomic E-state index is 12.9. The molecule has 0 spiro atoms. The zero-order chi connectivity index (χ0) is 20.0. The summed E-state index contributed by atoms with van der Waals surface area (Å²) in [5.41, 5.74) is 3.66. The van der Waals surface area contributed by atoms with E-state index in [-0.39, 0.29) is 23.0 Å². The highest BCUT2D eigenvalue weighted by atomic mass is 16.5. The first-order chi connectivity index (χ1) is 14.1. The molecule has 29 heavy (non-hydrogen) atoms. The number of phenolic OH excluding ortho intramolecular Hbond substituents is 2. The summed E-state index contributed by atoms with van der Waals surface area (Å²) in [6.45, 7) is 4.09. The summed E-state index contributed by atoms with van der Waals surface area (Å²) in [6, 6.07) is 8.61. The van der Waals surface area contributed by atoms with Crippen molar-refractivity contribution < 1.29 is 19.7 Å². The maximum absolute atomic E-state index is 12.9. The number of ether oxygens (including phenoxy) is 1. The molecule has 1 aliphatic carbocycles. The normalized spacial score (nSPS) is 19.8. The number of carbonyl (C=O) groups excluding carboxylic acids is 1. The molecule has 6 nitrogen and oxygen atoms in total. The lowest BCUT2D eigenvalue weighted by atomic mass is 10.0. The molecule has 0 unspecified atom stereocenters. The number of Topliss-reactive ketones (excluding diaryl/α,β-unsaturated/α-hetero) is 1. The Morgan fingerprint density at radius 3 is 2.76 bits per heavy atom. The van der Waals surface area contributed by atoms with Crippen LogP contribution in [0.1, 0.15) is 27.0 Å². The van der Waals surface area contributed by atoms with Crippen molar-refractivity contribution in [3.05, 3.63) is 70.5 Å². The molecule has 0 atom stereocenters. The first-order valence-electron chi connectivity index (χ1n) is 9.85. The fourth-order valence-electron chi connectivity index (χ4n) is 4.23. The van der Waals surface area contributed by atoms with Gasteiger partial charge in [-0.15, -0.1) is 0 Å². The van der Waals surface area contributed by atoms with Crippen LogP contribution in [0.2, 0.25) is 0 Å². The standard InChI is InChI=1S/C23H22N2O4/c26-18-7-6-16-22(28)20(12-15-5-4-14-2-1-3-19(27)21(14)15)29-23(16)17(18)13-25-10-8-24-9-11-25/h1-3,5-7,12,24,26-27H,4,8-11,13H2/b20-12-. The zero-order valence-corrected chi connectivity index (χ0v) is 15.9. The van der Waals surface area contributed by atoms with Gasteiger partial charge in [0.05, 0.1) is 11.1 Å². The molecule has 148 valence electrons. The highest BCUT2D eigenvalue weighted by Gasteiger charge is 2.32. The number of rotatable bonds is 3. The first kappa shape index (κ1) is 18.0. The van der Waals surface area contributed by atoms with E-state index in [1.807, 2.05) is 18.2 Å². The van der Waals surface area contributed by atoms with Gasteiger partial charge < -0.3 is 20.3 Å². The molecule has 2 aromatic rings. The third-order valence-corrected chi connectivity index (χ3v) is 5.75. The number of hydrogen-bond acceptors (Lipinski definition) is 6. The third-order valence-electron chi connectivity index (χ3n) is 5.75. The second-order valence-corrected chi connectivity index (χ2v) is 7.58. The van der Waals surface area contributed by atoms with Crippen LogP contribution < -0.4 is 10.1 Å². The van der Waals surface area contributed by atoms with E-state index >= 15 is 0 Å². The van der Waals surface area contributed by atoms with Crippen molar-refractivity contribution >= 4 is 11.4 Å². The van der Waals surface area contributed by atoms with Crippen LogP contribution in [0.4, 0.5) is 0 Å². The Hall–Kier alpha value is -3.09. The SMILES string of the molecule is O=C1/C(=C/C2=CCc3cccc(O)c32)Oc2c1ccc(O)c2CN1CCNCC1. The Bertz CT molecular complexity index is 1060. The van der Waals surface area contributed by atoms with Crippen molar-refractivity contribution in [1.29, 1.82) is 0 Å². The molecule has 1 fully saturated rings. The summed E-state index contributed by atoms with van der Waals surface area (Å²) in [6.07, 6.45) is 4.38. The van der Waals surface area contributed by atoms with Crippen LogP contribution in [0.25, 0.3) is 5.57 Å². The molecule has 0 aromatic heterocycles. The van der Waals surface area contributed by atoms with Gasteiger partial charge in [0.2, 0.25) is 5.78 Å². The van der Waals surface area contributed by atoms with E-state index in [2.05, 4.69) is 10.2 Å². The Labute approximate surface area is 168 Å². The molecule has 5 rings (SSSR count). The van der Waals surface area contributed by atoms with Gasteiger partial charge in [-0.3, -0.25) is 9.69 Å². The van der Waals surface area contributed by atoms with E-state index in [0.717, 1.165) is 42.9 Å². The van der Waals surface area contributed by atoms with E-state index < -0.39 is 0 Å². The van der Waals surface area contributed by atoms with Gasteiger partial charge >= 0.3 is 0 Å². The lowest BCUT2D eigenvalue weighted by Gasteiger charge is -2.27. The van der Waals surface area contributed by atoms with Crippen LogP contribution in [-0.4, -0.2) is 47.1 Å². The third kappa shape index (κ3) is 3.10. The largest absolute Gasteiger partial charge is 0.507 e. The number of allylic oxidation sites excluding steroid dienone is 4. The fraction of sp³-hybridized carbons (Fsp3) is 0.261. The van der Waals surface area contributed by atoms with Gasteiger partial charge in [-0.05, 0) is 41.8 Å². The Balaban J connectivity index is 1.47. The number of ketones is 1. The van der Waals surface area contributed by atoms with Gasteiger partial charge in [-0.2, -0.15) is 0 Å². The summed E-state index contributed by atoms with van der Waals surface area (Å²) in [4.78, 5) is 15.2. The molecule has 3 N–H and O–H groups in total. The number of nitrogens with zero attached hydrogens (tertiary/aromatic N) is 1. The highest BCUT2D eigenvalue weighted by Crippen LogP contribution is 2.42. The van der Waals surface area contributed by atoms with Crippen LogP contribution in [0.5, 0.6) is 17.2 Å². The molecule has 1 saturated heterocycles. The summed E-state index contributed by atoms with van der Waals surface area (Å²) >= 11 is 0. The van der Waals surface area contributed by atoms with Gasteiger partial charge in [0.1, 0.15) is 17.2 Å². The predicted octanol–water partition coefficient (Wildman–Crippen LogP) is 2.60. The Kier molecular flexibility index (Phi) is 4.38. The average Bonchev–Trinajstić information content (AvgIpc) is 3.28.